The second-order valence-corrected chi connectivity index (χ2v) is 11.6. The van der Waals surface area contributed by atoms with Gasteiger partial charge in [0.25, 0.3) is 0 Å². The van der Waals surface area contributed by atoms with E-state index in [1.54, 1.807) is 0 Å². The molecule has 2 aliphatic heterocycles. The quantitative estimate of drug-likeness (QED) is 0.493. The van der Waals surface area contributed by atoms with Crippen LogP contribution in [0.25, 0.3) is 22.6 Å². The zero-order chi connectivity index (χ0) is 25.9. The number of fused-ring (bicyclic) bond motifs is 3. The minimum Gasteiger partial charge on any atom is -0.472 e. The Morgan fingerprint density at radius 2 is 2.03 bits per heavy atom. The van der Waals surface area contributed by atoms with Crippen LogP contribution in [0.3, 0.4) is 0 Å². The first-order valence-electron chi connectivity index (χ1n) is 14.3. The van der Waals surface area contributed by atoms with Crippen molar-refractivity contribution < 1.29 is 18.8 Å². The van der Waals surface area contributed by atoms with Crippen molar-refractivity contribution in [2.24, 2.45) is 0 Å². The van der Waals surface area contributed by atoms with E-state index in [4.69, 9.17) is 29.1 Å². The summed E-state index contributed by atoms with van der Waals surface area (Å²) in [5.74, 6) is 2.04. The van der Waals surface area contributed by atoms with Crippen molar-refractivity contribution in [2.45, 2.75) is 94.7 Å². The lowest BCUT2D eigenvalue weighted by Crippen LogP contribution is -2.41. The number of nitrogens with zero attached hydrogens (tertiary/aromatic N) is 6. The van der Waals surface area contributed by atoms with Crippen molar-refractivity contribution >= 4 is 16.8 Å². The van der Waals surface area contributed by atoms with Crippen LogP contribution in [-0.4, -0.2) is 74.5 Å². The first-order valence-corrected chi connectivity index (χ1v) is 14.3. The molecule has 0 amide bonds. The summed E-state index contributed by atoms with van der Waals surface area (Å²) < 4.78 is 20.2. The second-order valence-electron chi connectivity index (χ2n) is 11.6. The van der Waals surface area contributed by atoms with E-state index < -0.39 is 5.41 Å². The Morgan fingerprint density at radius 3 is 2.82 bits per heavy atom. The third kappa shape index (κ3) is 3.78. The van der Waals surface area contributed by atoms with Gasteiger partial charge in [0.15, 0.2) is 22.9 Å². The van der Waals surface area contributed by atoms with E-state index in [2.05, 4.69) is 24.0 Å². The first kappa shape index (κ1) is 24.2. The summed E-state index contributed by atoms with van der Waals surface area (Å²) in [7, 11) is 2.15. The van der Waals surface area contributed by atoms with E-state index in [9.17, 15) is 4.79 Å². The summed E-state index contributed by atoms with van der Waals surface area (Å²) in [5, 5.41) is 10.0. The molecule has 0 N–H and O–H groups in total. The lowest BCUT2D eigenvalue weighted by atomic mass is 9.64. The number of carbonyl (C=O) groups excluding carboxylic acids is 1. The average molecular weight is 521 g/mol. The van der Waals surface area contributed by atoms with Crippen molar-refractivity contribution in [3.63, 3.8) is 0 Å². The number of likely N-dealkylation sites (tertiary alicyclic amines) is 1. The van der Waals surface area contributed by atoms with Gasteiger partial charge >= 0.3 is 0 Å². The molecule has 3 aromatic rings. The van der Waals surface area contributed by atoms with E-state index in [0.29, 0.717) is 48.9 Å². The molecular formula is C28H36N6O4. The first-order chi connectivity index (χ1) is 18.5. The second kappa shape index (κ2) is 9.41. The molecule has 2 saturated heterocycles. The fraction of sp³-hybridized carbons (Fsp3) is 0.679. The van der Waals surface area contributed by atoms with E-state index in [1.165, 1.54) is 6.42 Å². The molecule has 3 fully saturated rings. The topological polar surface area (TPSA) is 108 Å². The van der Waals surface area contributed by atoms with Crippen LogP contribution < -0.4 is 4.74 Å². The molecule has 0 unspecified atom stereocenters. The highest BCUT2D eigenvalue weighted by molar-refractivity contribution is 5.91. The van der Waals surface area contributed by atoms with Gasteiger partial charge in [-0.15, -0.1) is 0 Å². The highest BCUT2D eigenvalue weighted by Gasteiger charge is 2.48. The molecule has 10 nitrogen and oxygen atoms in total. The minimum atomic E-state index is -0.537. The molecule has 1 spiro atoms. The summed E-state index contributed by atoms with van der Waals surface area (Å²) in [6.45, 7) is 4.52. The van der Waals surface area contributed by atoms with Gasteiger partial charge in [0, 0.05) is 24.6 Å². The molecule has 2 aliphatic carbocycles. The van der Waals surface area contributed by atoms with Crippen LogP contribution in [0.4, 0.5) is 0 Å². The molecule has 38 heavy (non-hydrogen) atoms. The van der Waals surface area contributed by atoms with Crippen molar-refractivity contribution in [3.8, 4) is 17.4 Å². The van der Waals surface area contributed by atoms with E-state index in [-0.39, 0.29) is 12.1 Å². The van der Waals surface area contributed by atoms with E-state index in [1.807, 2.05) is 10.9 Å². The van der Waals surface area contributed by atoms with Gasteiger partial charge in [-0.1, -0.05) is 11.6 Å². The number of likely N-dealkylation sites (N-methyl/N-ethyl adjacent to an activating group) is 1. The van der Waals surface area contributed by atoms with Gasteiger partial charge in [-0.2, -0.15) is 10.1 Å². The number of aromatic nitrogens is 5. The SMILES string of the molecule is C[C@H](Oc1nc(-c2noc3c2CCC[C@@]32CCCCC2=O)nc2c1cnn2[C@@H]1CCOC1)[C@@H]1CCCN1C. The van der Waals surface area contributed by atoms with Crippen LogP contribution in [0.5, 0.6) is 5.88 Å². The maximum absolute atomic E-state index is 13.2. The maximum atomic E-state index is 13.2. The summed E-state index contributed by atoms with van der Waals surface area (Å²) in [6, 6.07) is 0.453. The number of rotatable bonds is 5. The normalized spacial score (nSPS) is 28.8. The van der Waals surface area contributed by atoms with Gasteiger partial charge in [0.2, 0.25) is 5.88 Å². The molecule has 202 valence electrons. The minimum absolute atomic E-state index is 0.0408. The summed E-state index contributed by atoms with van der Waals surface area (Å²) in [4.78, 5) is 25.5. The number of ether oxygens (including phenoxy) is 2. The van der Waals surface area contributed by atoms with Gasteiger partial charge in [0.1, 0.15) is 17.3 Å². The summed E-state index contributed by atoms with van der Waals surface area (Å²) in [6.07, 6.45) is 11.0. The third-order valence-corrected chi connectivity index (χ3v) is 9.34. The van der Waals surface area contributed by atoms with Crippen LogP contribution in [0.15, 0.2) is 10.7 Å². The molecular weight excluding hydrogens is 484 g/mol. The molecule has 4 atom stereocenters. The number of ketones is 1. The van der Waals surface area contributed by atoms with Crippen LogP contribution in [-0.2, 0) is 21.4 Å². The van der Waals surface area contributed by atoms with E-state index >= 15 is 0 Å². The molecule has 10 heteroatoms. The molecule has 0 aromatic carbocycles. The molecule has 0 bridgehead atoms. The fourth-order valence-corrected chi connectivity index (χ4v) is 7.23. The number of hydrogen-bond acceptors (Lipinski definition) is 9. The van der Waals surface area contributed by atoms with Crippen molar-refractivity contribution in [3.05, 3.63) is 17.5 Å². The van der Waals surface area contributed by atoms with Gasteiger partial charge in [-0.3, -0.25) is 9.69 Å². The van der Waals surface area contributed by atoms with Crippen molar-refractivity contribution in [1.82, 2.24) is 29.8 Å². The highest BCUT2D eigenvalue weighted by atomic mass is 16.5. The molecule has 4 aliphatic rings. The van der Waals surface area contributed by atoms with Gasteiger partial charge in [0.05, 0.1) is 24.3 Å². The van der Waals surface area contributed by atoms with Gasteiger partial charge in [-0.05, 0) is 71.9 Å². The van der Waals surface area contributed by atoms with Crippen molar-refractivity contribution in [1.29, 1.82) is 0 Å². The van der Waals surface area contributed by atoms with Crippen LogP contribution in [0.2, 0.25) is 0 Å². The molecule has 7 rings (SSSR count). The number of hydrogen-bond donors (Lipinski definition) is 0. The smallest absolute Gasteiger partial charge is 0.228 e. The van der Waals surface area contributed by atoms with Gasteiger partial charge < -0.3 is 14.0 Å². The Hall–Kier alpha value is -2.85. The lowest BCUT2D eigenvalue weighted by molar-refractivity contribution is -0.128. The molecule has 0 radical (unpaired) electrons. The summed E-state index contributed by atoms with van der Waals surface area (Å²) >= 11 is 0. The lowest BCUT2D eigenvalue weighted by Gasteiger charge is -2.36. The Kier molecular flexibility index (Phi) is 6.00. The maximum Gasteiger partial charge on any atom is 0.228 e. The highest BCUT2D eigenvalue weighted by Crippen LogP contribution is 2.47. The monoisotopic (exact) mass is 520 g/mol. The predicted octanol–water partition coefficient (Wildman–Crippen LogP) is 4.02. The van der Waals surface area contributed by atoms with Gasteiger partial charge in [-0.25, -0.2) is 9.67 Å². The average Bonchev–Trinajstić information content (AvgIpc) is 3.72. The fourth-order valence-electron chi connectivity index (χ4n) is 7.23. The standard InChI is InChI=1S/C28H36N6O4/c1-17(21-8-6-13-33(21)2)37-27-20-15-29-34(18-10-14-36-16-18)26(20)30-25(31-27)23-19-7-5-12-28(24(19)38-32-23)11-4-3-9-22(28)35/h15,17-18,21H,3-14,16H2,1-2H3/t17-,18+,21-,28+/m0/s1. The molecule has 1 saturated carbocycles. The number of carbonyl (C=O) groups is 1. The molecule has 5 heterocycles. The van der Waals surface area contributed by atoms with E-state index in [0.717, 1.165) is 80.3 Å². The van der Waals surface area contributed by atoms with Crippen LogP contribution in [0.1, 0.15) is 82.1 Å². The Morgan fingerprint density at radius 1 is 1.13 bits per heavy atom. The summed E-state index contributed by atoms with van der Waals surface area (Å²) in [5.41, 5.74) is 1.80. The Bertz CT molecular complexity index is 1360. The van der Waals surface area contributed by atoms with Crippen LogP contribution in [0, 0.1) is 0 Å². The Labute approximate surface area is 222 Å². The van der Waals surface area contributed by atoms with Crippen molar-refractivity contribution in [2.75, 3.05) is 26.8 Å². The Balaban J connectivity index is 1.33. The zero-order valence-corrected chi connectivity index (χ0v) is 22.3. The third-order valence-electron chi connectivity index (χ3n) is 9.34. The molecule has 3 aromatic heterocycles. The van der Waals surface area contributed by atoms with Crippen LogP contribution >= 0.6 is 0 Å². The predicted molar refractivity (Wildman–Crippen MR) is 139 cm³/mol. The number of Topliss-reactive ketones (excluding diaryl/α,β-unsaturated/α-hetero) is 1. The zero-order valence-electron chi connectivity index (χ0n) is 22.3. The largest absolute Gasteiger partial charge is 0.472 e.